The number of nitrogens with one attached hydrogen (secondary N) is 2. The molecule has 0 radical (unpaired) electrons. The van der Waals surface area contributed by atoms with E-state index in [9.17, 15) is 4.79 Å². The Labute approximate surface area is 122 Å². The molecule has 1 amide bonds. The first-order valence-corrected chi connectivity index (χ1v) is 8.03. The number of hydrogen-bond acceptors (Lipinski definition) is 4. The van der Waals surface area contributed by atoms with Gasteiger partial charge in [-0.25, -0.2) is 4.98 Å². The summed E-state index contributed by atoms with van der Waals surface area (Å²) in [7, 11) is 0. The lowest BCUT2D eigenvalue weighted by atomic mass is 10.2. The maximum Gasteiger partial charge on any atom is 0.271 e. The number of amides is 1. The fraction of sp³-hybridized carbons (Fsp3) is 0.538. The molecule has 0 aromatic carbocycles. The zero-order chi connectivity index (χ0) is 13.7. The van der Waals surface area contributed by atoms with Crippen molar-refractivity contribution >= 4 is 35.1 Å². The molecule has 0 aliphatic carbocycles. The van der Waals surface area contributed by atoms with E-state index in [1.165, 1.54) is 0 Å². The normalized spacial score (nSPS) is 18.3. The Hall–Kier alpha value is -0.940. The van der Waals surface area contributed by atoms with Gasteiger partial charge in [-0.1, -0.05) is 18.5 Å². The van der Waals surface area contributed by atoms with Gasteiger partial charge in [0.2, 0.25) is 0 Å². The molecule has 1 aromatic heterocycles. The number of thioether (sulfide) groups is 1. The van der Waals surface area contributed by atoms with Crippen LogP contribution < -0.4 is 10.6 Å². The van der Waals surface area contributed by atoms with E-state index in [4.69, 9.17) is 11.6 Å². The largest absolute Gasteiger partial charge is 0.370 e. The van der Waals surface area contributed by atoms with Crippen molar-refractivity contribution < 1.29 is 4.79 Å². The van der Waals surface area contributed by atoms with Crippen molar-refractivity contribution in [3.05, 3.63) is 22.8 Å². The first kappa shape index (κ1) is 14.5. The van der Waals surface area contributed by atoms with Crippen LogP contribution in [0.15, 0.2) is 12.1 Å². The lowest BCUT2D eigenvalue weighted by Gasteiger charge is -2.12. The summed E-state index contributed by atoms with van der Waals surface area (Å²) < 4.78 is 0. The molecule has 19 heavy (non-hydrogen) atoms. The Morgan fingerprint density at radius 3 is 3.11 bits per heavy atom. The Morgan fingerprint density at radius 2 is 2.42 bits per heavy atom. The van der Waals surface area contributed by atoms with Gasteiger partial charge in [0.15, 0.2) is 0 Å². The molecular weight excluding hydrogens is 282 g/mol. The number of halogens is 1. The average Bonchev–Trinajstić information content (AvgIpc) is 2.90. The Kier molecular flexibility index (Phi) is 5.34. The first-order valence-electron chi connectivity index (χ1n) is 6.49. The van der Waals surface area contributed by atoms with E-state index < -0.39 is 0 Å². The zero-order valence-corrected chi connectivity index (χ0v) is 12.5. The highest BCUT2D eigenvalue weighted by atomic mass is 35.5. The summed E-state index contributed by atoms with van der Waals surface area (Å²) in [5.41, 5.74) is 0.305. The highest BCUT2D eigenvalue weighted by Crippen LogP contribution is 2.20. The molecule has 1 saturated heterocycles. The van der Waals surface area contributed by atoms with Gasteiger partial charge in [0.05, 0.1) is 5.02 Å². The number of hydrogen-bond donors (Lipinski definition) is 2. The molecule has 0 spiro atoms. The molecule has 6 heteroatoms. The van der Waals surface area contributed by atoms with Crippen LogP contribution in [0.2, 0.25) is 5.02 Å². The molecule has 1 aliphatic heterocycles. The molecule has 1 fully saturated rings. The van der Waals surface area contributed by atoms with E-state index in [2.05, 4.69) is 22.5 Å². The Morgan fingerprint density at radius 1 is 1.58 bits per heavy atom. The van der Waals surface area contributed by atoms with Crippen LogP contribution in [-0.2, 0) is 0 Å². The van der Waals surface area contributed by atoms with Crippen LogP contribution in [0.25, 0.3) is 0 Å². The molecule has 2 N–H and O–H groups in total. The summed E-state index contributed by atoms with van der Waals surface area (Å²) >= 11 is 7.91. The van der Waals surface area contributed by atoms with Gasteiger partial charge < -0.3 is 10.6 Å². The molecule has 0 saturated carbocycles. The van der Waals surface area contributed by atoms with Gasteiger partial charge in [-0.3, -0.25) is 4.79 Å². The van der Waals surface area contributed by atoms with Crippen LogP contribution in [0, 0.1) is 0 Å². The van der Waals surface area contributed by atoms with Gasteiger partial charge in [0, 0.05) is 18.3 Å². The molecule has 1 atom stereocenters. The smallest absolute Gasteiger partial charge is 0.271 e. The minimum absolute atomic E-state index is 0.183. The standard InChI is InChI=1S/C13H18ClN3OS/c1-2-6-15-11-4-3-10(14)12(17-11)13(18)16-9-5-7-19-8-9/h3-4,9H,2,5-8H2,1H3,(H,15,17)(H,16,18). The third kappa shape index (κ3) is 4.01. The molecule has 0 bridgehead atoms. The van der Waals surface area contributed by atoms with E-state index in [0.717, 1.165) is 30.9 Å². The number of carbonyl (C=O) groups is 1. The van der Waals surface area contributed by atoms with Crippen LogP contribution >= 0.6 is 23.4 Å². The molecule has 4 nitrogen and oxygen atoms in total. The maximum absolute atomic E-state index is 12.2. The van der Waals surface area contributed by atoms with Gasteiger partial charge in [0.1, 0.15) is 11.5 Å². The van der Waals surface area contributed by atoms with Crippen molar-refractivity contribution in [1.29, 1.82) is 0 Å². The van der Waals surface area contributed by atoms with Crippen LogP contribution in [0.5, 0.6) is 0 Å². The highest BCUT2D eigenvalue weighted by molar-refractivity contribution is 7.99. The van der Waals surface area contributed by atoms with Crippen molar-refractivity contribution in [2.45, 2.75) is 25.8 Å². The van der Waals surface area contributed by atoms with E-state index in [0.29, 0.717) is 16.5 Å². The van der Waals surface area contributed by atoms with E-state index >= 15 is 0 Å². The second kappa shape index (κ2) is 7.01. The number of nitrogens with zero attached hydrogens (tertiary/aromatic N) is 1. The van der Waals surface area contributed by atoms with E-state index in [1.54, 1.807) is 12.1 Å². The molecule has 2 rings (SSSR count). The van der Waals surface area contributed by atoms with Crippen molar-refractivity contribution in [3.63, 3.8) is 0 Å². The molecule has 104 valence electrons. The highest BCUT2D eigenvalue weighted by Gasteiger charge is 2.20. The molecule has 1 aliphatic rings. The van der Waals surface area contributed by atoms with E-state index in [-0.39, 0.29) is 11.9 Å². The van der Waals surface area contributed by atoms with Crippen molar-refractivity contribution in [3.8, 4) is 0 Å². The second-order valence-electron chi connectivity index (χ2n) is 4.49. The van der Waals surface area contributed by atoms with Crippen molar-refractivity contribution in [2.24, 2.45) is 0 Å². The van der Waals surface area contributed by atoms with Gasteiger partial charge in [0.25, 0.3) is 5.91 Å². The number of carbonyl (C=O) groups excluding carboxylic acids is 1. The van der Waals surface area contributed by atoms with Gasteiger partial charge in [-0.2, -0.15) is 11.8 Å². The summed E-state index contributed by atoms with van der Waals surface area (Å²) in [6.45, 7) is 2.91. The van der Waals surface area contributed by atoms with Gasteiger partial charge in [-0.05, 0) is 30.7 Å². The van der Waals surface area contributed by atoms with Crippen LogP contribution in [0.1, 0.15) is 30.3 Å². The molecule has 1 aromatic rings. The van der Waals surface area contributed by atoms with Crippen molar-refractivity contribution in [1.82, 2.24) is 10.3 Å². The number of aromatic nitrogens is 1. The van der Waals surface area contributed by atoms with E-state index in [1.807, 2.05) is 11.8 Å². The van der Waals surface area contributed by atoms with Crippen LogP contribution in [0.3, 0.4) is 0 Å². The molecule has 2 heterocycles. The second-order valence-corrected chi connectivity index (χ2v) is 6.04. The quantitative estimate of drug-likeness (QED) is 0.878. The van der Waals surface area contributed by atoms with Gasteiger partial charge in [-0.15, -0.1) is 0 Å². The summed E-state index contributed by atoms with van der Waals surface area (Å²) in [5.74, 6) is 2.58. The van der Waals surface area contributed by atoms with Gasteiger partial charge >= 0.3 is 0 Å². The van der Waals surface area contributed by atoms with Crippen LogP contribution in [0.4, 0.5) is 5.82 Å². The SMILES string of the molecule is CCCNc1ccc(Cl)c(C(=O)NC2CCSC2)n1. The monoisotopic (exact) mass is 299 g/mol. The summed E-state index contributed by atoms with van der Waals surface area (Å²) in [6, 6.07) is 3.74. The lowest BCUT2D eigenvalue weighted by Crippen LogP contribution is -2.35. The third-order valence-electron chi connectivity index (χ3n) is 2.88. The minimum Gasteiger partial charge on any atom is -0.370 e. The lowest BCUT2D eigenvalue weighted by molar-refractivity contribution is 0.0936. The Bertz CT molecular complexity index is 450. The number of rotatable bonds is 5. The molecular formula is C13H18ClN3OS. The predicted octanol–water partition coefficient (Wildman–Crippen LogP) is 2.79. The third-order valence-corrected chi connectivity index (χ3v) is 4.35. The Balaban J connectivity index is 2.06. The topological polar surface area (TPSA) is 54.0 Å². The fourth-order valence-electron chi connectivity index (χ4n) is 1.86. The number of anilines is 1. The summed E-state index contributed by atoms with van der Waals surface area (Å²) in [4.78, 5) is 16.4. The van der Waals surface area contributed by atoms with Crippen LogP contribution in [-0.4, -0.2) is 35.0 Å². The first-order chi connectivity index (χ1) is 9.20. The summed E-state index contributed by atoms with van der Waals surface area (Å²) in [5, 5.41) is 6.54. The molecule has 1 unspecified atom stereocenters. The number of pyridine rings is 1. The minimum atomic E-state index is -0.183. The maximum atomic E-state index is 12.2. The fourth-order valence-corrected chi connectivity index (χ4v) is 3.20. The zero-order valence-electron chi connectivity index (χ0n) is 10.9. The average molecular weight is 300 g/mol. The predicted molar refractivity (Wildman–Crippen MR) is 81.2 cm³/mol. The van der Waals surface area contributed by atoms with Crippen molar-refractivity contribution in [2.75, 3.05) is 23.4 Å². The summed E-state index contributed by atoms with van der Waals surface area (Å²) in [6.07, 6.45) is 2.02.